The van der Waals surface area contributed by atoms with E-state index in [1.165, 1.54) is 6.42 Å². The van der Waals surface area contributed by atoms with Gasteiger partial charge >= 0.3 is 5.97 Å². The summed E-state index contributed by atoms with van der Waals surface area (Å²) in [5.41, 5.74) is 9.24. The maximum atomic E-state index is 12.5. The molecule has 1 unspecified atom stereocenters. The molecule has 0 aliphatic carbocycles. The molecule has 35 heavy (non-hydrogen) atoms. The van der Waals surface area contributed by atoms with Crippen LogP contribution in [0.1, 0.15) is 38.7 Å². The largest absolute Gasteiger partial charge is 1.00 e. The van der Waals surface area contributed by atoms with Gasteiger partial charge in [0.15, 0.2) is 0 Å². The average Bonchev–Trinajstić information content (AvgIpc) is 2.82. The molecule has 1 aliphatic rings. The summed E-state index contributed by atoms with van der Waals surface area (Å²) in [4.78, 5) is 12.5. The van der Waals surface area contributed by atoms with Gasteiger partial charge in [0.1, 0.15) is 6.54 Å². The molecular formula is C27H39Cl3N2O3. The lowest BCUT2D eigenvalue weighted by Crippen LogP contribution is -3.00. The number of halogens is 3. The fourth-order valence-corrected chi connectivity index (χ4v) is 4.56. The van der Waals surface area contributed by atoms with Crippen LogP contribution in [0.4, 0.5) is 0 Å². The zero-order valence-corrected chi connectivity index (χ0v) is 23.1. The normalized spacial score (nSPS) is 15.6. The van der Waals surface area contributed by atoms with E-state index in [1.807, 2.05) is 38.1 Å². The van der Waals surface area contributed by atoms with Gasteiger partial charge in [-0.2, -0.15) is 0 Å². The Morgan fingerprint density at radius 3 is 2.11 bits per heavy atom. The number of hydrogen-bond donors (Lipinski definition) is 1. The van der Waals surface area contributed by atoms with E-state index >= 15 is 0 Å². The van der Waals surface area contributed by atoms with E-state index < -0.39 is 0 Å². The van der Waals surface area contributed by atoms with Crippen molar-refractivity contribution in [3.05, 3.63) is 59.1 Å². The van der Waals surface area contributed by atoms with Crippen molar-refractivity contribution in [1.82, 2.24) is 0 Å². The lowest BCUT2D eigenvalue weighted by atomic mass is 9.96. The molecule has 0 aromatic heterocycles. The van der Waals surface area contributed by atoms with E-state index in [0.717, 1.165) is 58.7 Å². The monoisotopic (exact) mass is 544 g/mol. The minimum Gasteiger partial charge on any atom is -1.00 e. The first kappa shape index (κ1) is 31.7. The molecule has 0 spiro atoms. The summed E-state index contributed by atoms with van der Waals surface area (Å²) in [6, 6.07) is 16.3. The summed E-state index contributed by atoms with van der Waals surface area (Å²) in [6.07, 6.45) is 3.56. The molecule has 1 aliphatic heterocycles. The average molecular weight is 546 g/mol. The molecular weight excluding hydrogens is 507 g/mol. The van der Waals surface area contributed by atoms with Gasteiger partial charge in [0.25, 0.3) is 0 Å². The lowest BCUT2D eigenvalue weighted by molar-refractivity contribution is -0.948. The van der Waals surface area contributed by atoms with E-state index in [0.29, 0.717) is 26.5 Å². The Hall–Kier alpha value is -1.34. The number of piperidine rings is 1. The van der Waals surface area contributed by atoms with Gasteiger partial charge in [0, 0.05) is 11.6 Å². The van der Waals surface area contributed by atoms with Crippen LogP contribution >= 0.6 is 24.0 Å². The van der Waals surface area contributed by atoms with Crippen molar-refractivity contribution in [2.75, 3.05) is 39.5 Å². The van der Waals surface area contributed by atoms with E-state index in [2.05, 4.69) is 24.3 Å². The molecule has 2 aromatic rings. The van der Waals surface area contributed by atoms with Gasteiger partial charge in [-0.25, -0.2) is 0 Å². The van der Waals surface area contributed by atoms with Crippen molar-refractivity contribution >= 4 is 30.0 Å². The molecule has 1 atom stereocenters. The van der Waals surface area contributed by atoms with E-state index in [-0.39, 0.29) is 42.6 Å². The first-order chi connectivity index (χ1) is 15.9. The van der Waals surface area contributed by atoms with Gasteiger partial charge < -0.3 is 27.6 Å². The molecule has 0 amide bonds. The van der Waals surface area contributed by atoms with Crippen molar-refractivity contribution in [3.8, 4) is 11.1 Å². The standard InChI is InChI=1S/C27H38ClN2O3.2ClH/c1-21(2)26(18-29)27(31)33-20-30(14-4-3-5-15-30)16-17-32-19-22-6-8-23(9-7-22)24-10-12-25(28)13-11-24;;/h6-13,21,26H,3-5,14-20,29H2,1-2H3;2*1H/q+1;;/p-1. The number of hydrogen-bond acceptors (Lipinski definition) is 4. The van der Waals surface area contributed by atoms with Crippen molar-refractivity contribution < 1.29 is 31.2 Å². The number of quaternary nitrogens is 1. The van der Waals surface area contributed by atoms with Gasteiger partial charge in [-0.05, 0) is 54.0 Å². The predicted octanol–water partition coefficient (Wildman–Crippen LogP) is 2.68. The summed E-state index contributed by atoms with van der Waals surface area (Å²) >= 11 is 5.98. The highest BCUT2D eigenvalue weighted by Gasteiger charge is 2.32. The summed E-state index contributed by atoms with van der Waals surface area (Å²) in [7, 11) is 0. The van der Waals surface area contributed by atoms with Crippen molar-refractivity contribution in [1.29, 1.82) is 0 Å². The lowest BCUT2D eigenvalue weighted by Gasteiger charge is -2.40. The first-order valence-electron chi connectivity index (χ1n) is 12.1. The SMILES string of the molecule is CC(C)C(CN)C(=O)OC[N+]1(CCOCc2ccc(-c3ccc(Cl)cc3)cc2)CCCCC1.Cl.[Cl-]. The van der Waals surface area contributed by atoms with Crippen LogP contribution in [-0.2, 0) is 20.9 Å². The molecule has 1 heterocycles. The van der Waals surface area contributed by atoms with Crippen LogP contribution in [0.5, 0.6) is 0 Å². The number of carbonyl (C=O) groups is 1. The highest BCUT2D eigenvalue weighted by Crippen LogP contribution is 2.23. The second kappa shape index (κ2) is 15.7. The molecule has 5 nitrogen and oxygen atoms in total. The van der Waals surface area contributed by atoms with E-state index in [1.54, 1.807) is 0 Å². The maximum Gasteiger partial charge on any atom is 0.314 e. The fourth-order valence-electron chi connectivity index (χ4n) is 4.43. The Bertz CT molecular complexity index is 870. The molecule has 0 bridgehead atoms. The Morgan fingerprint density at radius 2 is 1.57 bits per heavy atom. The highest BCUT2D eigenvalue weighted by atomic mass is 35.5. The molecule has 2 N–H and O–H groups in total. The van der Waals surface area contributed by atoms with Crippen molar-refractivity contribution in [2.24, 2.45) is 17.6 Å². The molecule has 1 saturated heterocycles. The number of benzene rings is 2. The second-order valence-electron chi connectivity index (χ2n) is 9.51. The minimum atomic E-state index is -0.234. The zero-order chi connectivity index (χ0) is 23.7. The third-order valence-electron chi connectivity index (χ3n) is 6.72. The van der Waals surface area contributed by atoms with E-state index in [9.17, 15) is 4.79 Å². The van der Waals surface area contributed by atoms with Gasteiger partial charge in [-0.15, -0.1) is 12.4 Å². The third kappa shape index (κ3) is 9.56. The van der Waals surface area contributed by atoms with E-state index in [4.69, 9.17) is 26.8 Å². The molecule has 0 radical (unpaired) electrons. The van der Waals surface area contributed by atoms with Crippen LogP contribution in [0.15, 0.2) is 48.5 Å². The Kier molecular flexibility index (Phi) is 14.2. The zero-order valence-electron chi connectivity index (χ0n) is 20.8. The first-order valence-corrected chi connectivity index (χ1v) is 12.4. The molecule has 3 rings (SSSR count). The Labute approximate surface area is 227 Å². The molecule has 2 aromatic carbocycles. The number of carbonyl (C=O) groups excluding carboxylic acids is 1. The van der Waals surface area contributed by atoms with Gasteiger partial charge in [0.05, 0.1) is 32.2 Å². The van der Waals surface area contributed by atoms with Crippen molar-refractivity contribution in [3.63, 3.8) is 0 Å². The van der Waals surface area contributed by atoms with Gasteiger partial charge in [-0.1, -0.05) is 61.8 Å². The topological polar surface area (TPSA) is 61.6 Å². The summed E-state index contributed by atoms with van der Waals surface area (Å²) in [5.74, 6) is -0.217. The van der Waals surface area contributed by atoms with Gasteiger partial charge in [0.2, 0.25) is 6.73 Å². The fraction of sp³-hybridized carbons (Fsp3) is 0.519. The quantitative estimate of drug-likeness (QED) is 0.268. The van der Waals surface area contributed by atoms with Crippen LogP contribution in [0.2, 0.25) is 5.02 Å². The minimum absolute atomic E-state index is 0. The third-order valence-corrected chi connectivity index (χ3v) is 6.97. The summed E-state index contributed by atoms with van der Waals surface area (Å²) < 4.78 is 12.6. The Balaban J connectivity index is 0.00000306. The van der Waals surface area contributed by atoms with Crippen LogP contribution in [-0.4, -0.2) is 50.0 Å². The Morgan fingerprint density at radius 1 is 1.00 bits per heavy atom. The molecule has 196 valence electrons. The maximum absolute atomic E-state index is 12.5. The van der Waals surface area contributed by atoms with Crippen LogP contribution in [0, 0.1) is 11.8 Å². The van der Waals surface area contributed by atoms with Crippen molar-refractivity contribution in [2.45, 2.75) is 39.7 Å². The smallest absolute Gasteiger partial charge is 0.314 e. The predicted molar refractivity (Wildman–Crippen MR) is 141 cm³/mol. The molecule has 1 fully saturated rings. The molecule has 8 heteroatoms. The van der Waals surface area contributed by atoms with Crippen LogP contribution < -0.4 is 18.1 Å². The summed E-state index contributed by atoms with van der Waals surface area (Å²) in [5, 5.41) is 0.742. The number of nitrogens with two attached hydrogens (primary N) is 1. The van der Waals surface area contributed by atoms with Crippen LogP contribution in [0.25, 0.3) is 11.1 Å². The number of rotatable bonds is 11. The number of esters is 1. The second-order valence-corrected chi connectivity index (χ2v) is 9.94. The van der Waals surface area contributed by atoms with Gasteiger partial charge in [-0.3, -0.25) is 9.28 Å². The van der Waals surface area contributed by atoms with Crippen LogP contribution in [0.3, 0.4) is 0 Å². The number of likely N-dealkylation sites (tertiary alicyclic amines) is 1. The number of ether oxygens (including phenoxy) is 2. The highest BCUT2D eigenvalue weighted by molar-refractivity contribution is 6.30. The molecule has 0 saturated carbocycles. The number of nitrogens with zero attached hydrogens (tertiary/aromatic N) is 1. The summed E-state index contributed by atoms with van der Waals surface area (Å²) in [6.45, 7) is 8.90.